The smallest absolute Gasteiger partial charge is 0.261 e. The molecule has 1 aromatic heterocycles. The number of hydrogen-bond acceptors (Lipinski definition) is 4. The lowest BCUT2D eigenvalue weighted by molar-refractivity contribution is 0.0948. The number of aromatic amines is 1. The van der Waals surface area contributed by atoms with Gasteiger partial charge >= 0.3 is 0 Å². The van der Waals surface area contributed by atoms with Gasteiger partial charge in [0.05, 0.1) is 12.7 Å². The molecular weight excluding hydrogens is 320 g/mol. The van der Waals surface area contributed by atoms with Crippen molar-refractivity contribution in [2.75, 3.05) is 6.61 Å². The fourth-order valence-electron chi connectivity index (χ4n) is 3.07. The maximum absolute atomic E-state index is 12.4. The lowest BCUT2D eigenvalue weighted by atomic mass is 9.92. The maximum atomic E-state index is 12.4. The van der Waals surface area contributed by atoms with Gasteiger partial charge in [0.25, 0.3) is 11.5 Å². The van der Waals surface area contributed by atoms with Crippen molar-refractivity contribution in [3.05, 3.63) is 63.1 Å². The van der Waals surface area contributed by atoms with Crippen LogP contribution in [0.5, 0.6) is 5.75 Å². The van der Waals surface area contributed by atoms with Gasteiger partial charge in [-0.05, 0) is 49.9 Å². The summed E-state index contributed by atoms with van der Waals surface area (Å²) in [5.74, 6) is 0.285. The summed E-state index contributed by atoms with van der Waals surface area (Å²) in [6.45, 7) is 2.77. The molecule has 132 valence electrons. The second kappa shape index (κ2) is 7.53. The van der Waals surface area contributed by atoms with Gasteiger partial charge in [-0.1, -0.05) is 12.1 Å². The number of amides is 1. The molecule has 1 aromatic carbocycles. The summed E-state index contributed by atoms with van der Waals surface area (Å²) < 4.78 is 5.44. The molecule has 25 heavy (non-hydrogen) atoms. The van der Waals surface area contributed by atoms with Gasteiger partial charge in [-0.3, -0.25) is 9.59 Å². The van der Waals surface area contributed by atoms with Crippen molar-refractivity contribution < 1.29 is 14.6 Å². The number of pyridine rings is 1. The fraction of sp³-hybridized carbons (Fsp3) is 0.368. The van der Waals surface area contributed by atoms with E-state index in [4.69, 9.17) is 4.74 Å². The molecule has 0 saturated carbocycles. The standard InChI is InChI=1S/C19H22N2O4/c1-2-25-13-6-3-5-12(9-13)11-20-18(23)15-10-14-16(21-19(15)24)7-4-8-17(14)22/h3,5-6,9-10,17,22H,2,4,7-8,11H2,1H3,(H,20,23)(H,21,24). The van der Waals surface area contributed by atoms with Crippen molar-refractivity contribution >= 4 is 5.91 Å². The first kappa shape index (κ1) is 17.2. The molecule has 2 aromatic rings. The Balaban J connectivity index is 1.74. The summed E-state index contributed by atoms with van der Waals surface area (Å²) in [6.07, 6.45) is 1.55. The molecule has 0 aliphatic heterocycles. The van der Waals surface area contributed by atoms with Crippen LogP contribution in [0.2, 0.25) is 0 Å². The molecule has 6 heteroatoms. The van der Waals surface area contributed by atoms with E-state index >= 15 is 0 Å². The molecule has 1 aliphatic rings. The first-order chi connectivity index (χ1) is 12.1. The number of rotatable bonds is 5. The molecule has 0 bridgehead atoms. The van der Waals surface area contributed by atoms with Gasteiger partial charge in [0.15, 0.2) is 0 Å². The number of ether oxygens (including phenoxy) is 1. The van der Waals surface area contributed by atoms with E-state index in [1.165, 1.54) is 6.07 Å². The summed E-state index contributed by atoms with van der Waals surface area (Å²) in [5.41, 5.74) is 1.86. The number of fused-ring (bicyclic) bond motifs is 1. The first-order valence-corrected chi connectivity index (χ1v) is 8.52. The summed E-state index contributed by atoms with van der Waals surface area (Å²) >= 11 is 0. The van der Waals surface area contributed by atoms with E-state index < -0.39 is 17.6 Å². The van der Waals surface area contributed by atoms with Crippen molar-refractivity contribution in [3.63, 3.8) is 0 Å². The number of nitrogens with one attached hydrogen (secondary N) is 2. The number of aryl methyl sites for hydroxylation is 1. The number of benzene rings is 1. The Kier molecular flexibility index (Phi) is 5.19. The molecule has 0 saturated heterocycles. The van der Waals surface area contributed by atoms with Gasteiger partial charge < -0.3 is 20.1 Å². The third-order valence-corrected chi connectivity index (χ3v) is 4.33. The van der Waals surface area contributed by atoms with Crippen LogP contribution in [0.1, 0.15) is 53.0 Å². The Labute approximate surface area is 145 Å². The maximum Gasteiger partial charge on any atom is 0.261 e. The molecule has 1 atom stereocenters. The Morgan fingerprint density at radius 2 is 2.24 bits per heavy atom. The Morgan fingerprint density at radius 3 is 3.04 bits per heavy atom. The largest absolute Gasteiger partial charge is 0.494 e. The Bertz CT molecular complexity index is 828. The number of carbonyl (C=O) groups excluding carboxylic acids is 1. The molecule has 6 nitrogen and oxygen atoms in total. The van der Waals surface area contributed by atoms with Crippen molar-refractivity contribution in [2.24, 2.45) is 0 Å². The van der Waals surface area contributed by atoms with Gasteiger partial charge in [-0.25, -0.2) is 0 Å². The zero-order valence-corrected chi connectivity index (χ0v) is 14.2. The lowest BCUT2D eigenvalue weighted by Crippen LogP contribution is -2.31. The number of carbonyl (C=O) groups is 1. The van der Waals surface area contributed by atoms with Crippen molar-refractivity contribution in [1.82, 2.24) is 10.3 Å². The van der Waals surface area contributed by atoms with Gasteiger partial charge in [-0.2, -0.15) is 0 Å². The first-order valence-electron chi connectivity index (χ1n) is 8.52. The van der Waals surface area contributed by atoms with Crippen LogP contribution in [0.4, 0.5) is 0 Å². The zero-order valence-electron chi connectivity index (χ0n) is 14.2. The third-order valence-electron chi connectivity index (χ3n) is 4.33. The third kappa shape index (κ3) is 3.91. The van der Waals surface area contributed by atoms with Crippen molar-refractivity contribution in [1.29, 1.82) is 0 Å². The monoisotopic (exact) mass is 342 g/mol. The molecule has 1 aliphatic carbocycles. The van der Waals surface area contributed by atoms with E-state index in [0.717, 1.165) is 23.4 Å². The number of H-pyrrole nitrogens is 1. The Hall–Kier alpha value is -2.60. The summed E-state index contributed by atoms with van der Waals surface area (Å²) in [4.78, 5) is 27.3. The average Bonchev–Trinajstić information content (AvgIpc) is 2.60. The molecule has 0 radical (unpaired) electrons. The van der Waals surface area contributed by atoms with Gasteiger partial charge in [0.2, 0.25) is 0 Å². The second-order valence-electron chi connectivity index (χ2n) is 6.12. The second-order valence-corrected chi connectivity index (χ2v) is 6.12. The van der Waals surface area contributed by atoms with Crippen LogP contribution < -0.4 is 15.6 Å². The van der Waals surface area contributed by atoms with Crippen LogP contribution in [0.3, 0.4) is 0 Å². The highest BCUT2D eigenvalue weighted by Gasteiger charge is 2.22. The van der Waals surface area contributed by atoms with E-state index in [1.54, 1.807) is 0 Å². The van der Waals surface area contributed by atoms with Gasteiger partial charge in [-0.15, -0.1) is 0 Å². The van der Waals surface area contributed by atoms with Crippen LogP contribution >= 0.6 is 0 Å². The lowest BCUT2D eigenvalue weighted by Gasteiger charge is -2.21. The van der Waals surface area contributed by atoms with Gasteiger partial charge in [0, 0.05) is 17.8 Å². The zero-order chi connectivity index (χ0) is 17.8. The minimum Gasteiger partial charge on any atom is -0.494 e. The highest BCUT2D eigenvalue weighted by molar-refractivity contribution is 5.94. The van der Waals surface area contributed by atoms with Crippen LogP contribution in [0, 0.1) is 0 Å². The SMILES string of the molecule is CCOc1cccc(CNC(=O)c2cc3c([nH]c2=O)CCCC3O)c1. The molecule has 0 fully saturated rings. The molecular formula is C19H22N2O4. The van der Waals surface area contributed by atoms with Crippen molar-refractivity contribution in [2.45, 2.75) is 38.8 Å². The van der Waals surface area contributed by atoms with E-state index in [9.17, 15) is 14.7 Å². The molecule has 0 spiro atoms. The summed E-state index contributed by atoms with van der Waals surface area (Å²) in [7, 11) is 0. The molecule has 1 heterocycles. The molecule has 1 amide bonds. The van der Waals surface area contributed by atoms with E-state index in [2.05, 4.69) is 10.3 Å². The topological polar surface area (TPSA) is 91.4 Å². The number of aliphatic hydroxyl groups excluding tert-OH is 1. The number of aromatic nitrogens is 1. The number of hydrogen-bond donors (Lipinski definition) is 3. The quantitative estimate of drug-likeness (QED) is 0.776. The van der Waals surface area contributed by atoms with E-state index in [-0.39, 0.29) is 5.56 Å². The summed E-state index contributed by atoms with van der Waals surface area (Å²) in [6, 6.07) is 8.96. The number of aliphatic hydroxyl groups is 1. The van der Waals surface area contributed by atoms with Crippen LogP contribution in [0.25, 0.3) is 0 Å². The van der Waals surface area contributed by atoms with Crippen molar-refractivity contribution in [3.8, 4) is 5.75 Å². The predicted octanol–water partition coefficient (Wildman–Crippen LogP) is 2.07. The molecule has 3 N–H and O–H groups in total. The molecule has 3 rings (SSSR count). The van der Waals surface area contributed by atoms with Crippen LogP contribution in [-0.2, 0) is 13.0 Å². The Morgan fingerprint density at radius 1 is 1.40 bits per heavy atom. The molecule has 1 unspecified atom stereocenters. The van der Waals surface area contributed by atoms with Crippen LogP contribution in [-0.4, -0.2) is 22.6 Å². The highest BCUT2D eigenvalue weighted by atomic mass is 16.5. The predicted molar refractivity (Wildman–Crippen MR) is 93.7 cm³/mol. The normalized spacial score (nSPS) is 16.2. The van der Waals surface area contributed by atoms with Gasteiger partial charge in [0.1, 0.15) is 11.3 Å². The fourth-order valence-corrected chi connectivity index (χ4v) is 3.07. The highest BCUT2D eigenvalue weighted by Crippen LogP contribution is 2.27. The summed E-state index contributed by atoms with van der Waals surface area (Å²) in [5, 5.41) is 12.8. The average molecular weight is 342 g/mol. The van der Waals surface area contributed by atoms with E-state index in [1.807, 2.05) is 31.2 Å². The minimum atomic E-state index is -0.630. The minimum absolute atomic E-state index is 0.0284. The van der Waals surface area contributed by atoms with Crippen LogP contribution in [0.15, 0.2) is 35.1 Å². The van der Waals surface area contributed by atoms with E-state index in [0.29, 0.717) is 31.6 Å².